The second kappa shape index (κ2) is 4.95. The predicted molar refractivity (Wildman–Crippen MR) is 50.7 cm³/mol. The van der Waals surface area contributed by atoms with Gasteiger partial charge >= 0.3 is 5.97 Å². The molecule has 1 fully saturated rings. The van der Waals surface area contributed by atoms with Gasteiger partial charge in [0.2, 0.25) is 5.91 Å². The molecule has 0 radical (unpaired) electrons. The third kappa shape index (κ3) is 3.33. The highest BCUT2D eigenvalue weighted by atomic mass is 16.4. The third-order valence-corrected chi connectivity index (χ3v) is 2.37. The molecule has 1 aliphatic heterocycles. The molecule has 1 saturated heterocycles. The Labute approximate surface area is 82.9 Å². The summed E-state index contributed by atoms with van der Waals surface area (Å²) in [6.07, 6.45) is 1.74. The van der Waals surface area contributed by atoms with Crippen LogP contribution in [0.25, 0.3) is 0 Å². The lowest BCUT2D eigenvalue weighted by molar-refractivity contribution is -0.138. The molecule has 0 aliphatic carbocycles. The van der Waals surface area contributed by atoms with Gasteiger partial charge in [-0.2, -0.15) is 0 Å². The van der Waals surface area contributed by atoms with Gasteiger partial charge in [-0.15, -0.1) is 0 Å². The maximum absolute atomic E-state index is 11.4. The van der Waals surface area contributed by atoms with Crippen LogP contribution in [-0.2, 0) is 9.59 Å². The van der Waals surface area contributed by atoms with Gasteiger partial charge in [-0.1, -0.05) is 0 Å². The van der Waals surface area contributed by atoms with E-state index in [9.17, 15) is 9.59 Å². The van der Waals surface area contributed by atoms with Crippen molar-refractivity contribution in [3.05, 3.63) is 0 Å². The monoisotopic (exact) mass is 200 g/mol. The van der Waals surface area contributed by atoms with Crippen LogP contribution < -0.4 is 5.73 Å². The zero-order valence-corrected chi connectivity index (χ0v) is 8.11. The number of carbonyl (C=O) groups excluding carboxylic acids is 1. The van der Waals surface area contributed by atoms with Crippen LogP contribution in [0.5, 0.6) is 0 Å². The van der Waals surface area contributed by atoms with Crippen molar-refractivity contribution in [2.75, 3.05) is 13.1 Å². The number of likely N-dealkylation sites (tertiary alicyclic amines) is 1. The number of carbonyl (C=O) groups is 2. The molecule has 80 valence electrons. The number of hydrogen-bond donors (Lipinski definition) is 2. The molecule has 14 heavy (non-hydrogen) atoms. The molecule has 0 unspecified atom stereocenters. The van der Waals surface area contributed by atoms with Gasteiger partial charge in [0.25, 0.3) is 0 Å². The minimum atomic E-state index is -0.864. The highest BCUT2D eigenvalue weighted by Gasteiger charge is 2.21. The van der Waals surface area contributed by atoms with E-state index in [1.54, 1.807) is 4.90 Å². The van der Waals surface area contributed by atoms with Gasteiger partial charge in [-0.3, -0.25) is 9.59 Å². The normalized spacial score (nSPS) is 17.4. The van der Waals surface area contributed by atoms with E-state index < -0.39 is 5.97 Å². The Kier molecular flexibility index (Phi) is 3.88. The summed E-state index contributed by atoms with van der Waals surface area (Å²) in [5.74, 6) is -0.814. The fraction of sp³-hybridized carbons (Fsp3) is 0.778. The maximum atomic E-state index is 11.4. The van der Waals surface area contributed by atoms with Crippen LogP contribution in [0.4, 0.5) is 0 Å². The first kappa shape index (κ1) is 11.0. The number of amides is 1. The molecule has 5 heteroatoms. The summed E-state index contributed by atoms with van der Waals surface area (Å²) in [5, 5.41) is 8.41. The van der Waals surface area contributed by atoms with Gasteiger partial charge < -0.3 is 15.7 Å². The van der Waals surface area contributed by atoms with Crippen molar-refractivity contribution in [3.8, 4) is 0 Å². The molecule has 0 aromatic heterocycles. The Morgan fingerprint density at radius 2 is 2.07 bits per heavy atom. The van der Waals surface area contributed by atoms with E-state index >= 15 is 0 Å². The summed E-state index contributed by atoms with van der Waals surface area (Å²) < 4.78 is 0. The minimum Gasteiger partial charge on any atom is -0.481 e. The molecule has 0 saturated carbocycles. The van der Waals surface area contributed by atoms with Crippen LogP contribution in [0.2, 0.25) is 0 Å². The first-order valence-electron chi connectivity index (χ1n) is 4.84. The first-order valence-corrected chi connectivity index (χ1v) is 4.84. The lowest BCUT2D eigenvalue weighted by Gasteiger charge is -2.31. The van der Waals surface area contributed by atoms with E-state index in [0.717, 1.165) is 19.5 Å². The van der Waals surface area contributed by atoms with Crippen molar-refractivity contribution in [1.82, 2.24) is 4.90 Å². The number of nitrogens with zero attached hydrogens (tertiary/aromatic N) is 1. The average Bonchev–Trinajstić information content (AvgIpc) is 1.97. The molecule has 0 spiro atoms. The van der Waals surface area contributed by atoms with E-state index in [4.69, 9.17) is 10.8 Å². The van der Waals surface area contributed by atoms with E-state index in [-0.39, 0.29) is 24.8 Å². The molecule has 0 bridgehead atoms. The molecule has 1 aliphatic rings. The lowest BCUT2D eigenvalue weighted by Crippen LogP contribution is -2.44. The van der Waals surface area contributed by atoms with Crippen LogP contribution in [0, 0.1) is 0 Å². The SMILES string of the molecule is N[C@@H](CCC(=O)O)CC(=O)N1CCC1. The Morgan fingerprint density at radius 3 is 2.50 bits per heavy atom. The molecular weight excluding hydrogens is 184 g/mol. The van der Waals surface area contributed by atoms with E-state index in [2.05, 4.69) is 0 Å². The summed E-state index contributed by atoms with van der Waals surface area (Å²) in [6.45, 7) is 1.65. The smallest absolute Gasteiger partial charge is 0.303 e. The number of carboxylic acids is 1. The molecular formula is C9H16N2O3. The number of rotatable bonds is 5. The van der Waals surface area contributed by atoms with Crippen molar-refractivity contribution in [2.45, 2.75) is 31.7 Å². The predicted octanol–water partition coefficient (Wildman–Crippen LogP) is -0.199. The Balaban J connectivity index is 2.15. The quantitative estimate of drug-likeness (QED) is 0.643. The first-order chi connectivity index (χ1) is 6.59. The van der Waals surface area contributed by atoms with E-state index in [1.165, 1.54) is 0 Å². The number of aliphatic carboxylic acids is 1. The van der Waals surface area contributed by atoms with Crippen molar-refractivity contribution >= 4 is 11.9 Å². The van der Waals surface area contributed by atoms with Gasteiger partial charge in [0.05, 0.1) is 0 Å². The van der Waals surface area contributed by atoms with Crippen LogP contribution in [0.1, 0.15) is 25.7 Å². The summed E-state index contributed by atoms with van der Waals surface area (Å²) in [5.41, 5.74) is 5.63. The Morgan fingerprint density at radius 1 is 1.43 bits per heavy atom. The Hall–Kier alpha value is -1.10. The second-order valence-electron chi connectivity index (χ2n) is 3.63. The zero-order valence-electron chi connectivity index (χ0n) is 8.11. The van der Waals surface area contributed by atoms with Crippen LogP contribution in [-0.4, -0.2) is 41.0 Å². The molecule has 5 nitrogen and oxygen atoms in total. The summed E-state index contributed by atoms with van der Waals surface area (Å²) in [7, 11) is 0. The fourth-order valence-electron chi connectivity index (χ4n) is 1.33. The summed E-state index contributed by atoms with van der Waals surface area (Å²) in [4.78, 5) is 23.4. The number of carboxylic acid groups (broad SMARTS) is 1. The van der Waals surface area contributed by atoms with E-state index in [1.807, 2.05) is 0 Å². The average molecular weight is 200 g/mol. The van der Waals surface area contributed by atoms with Crippen molar-refractivity contribution in [2.24, 2.45) is 5.73 Å². The van der Waals surface area contributed by atoms with Crippen LogP contribution in [0.15, 0.2) is 0 Å². The molecule has 1 amide bonds. The van der Waals surface area contributed by atoms with Gasteiger partial charge in [0.15, 0.2) is 0 Å². The highest BCUT2D eigenvalue weighted by molar-refractivity contribution is 5.77. The molecule has 1 atom stereocenters. The molecule has 1 rings (SSSR count). The van der Waals surface area contributed by atoms with Crippen LogP contribution >= 0.6 is 0 Å². The number of hydrogen-bond acceptors (Lipinski definition) is 3. The second-order valence-corrected chi connectivity index (χ2v) is 3.63. The molecule has 1 heterocycles. The number of nitrogens with two attached hydrogens (primary N) is 1. The Bertz CT molecular complexity index is 226. The fourth-order valence-corrected chi connectivity index (χ4v) is 1.33. The zero-order chi connectivity index (χ0) is 10.6. The summed E-state index contributed by atoms with van der Waals surface area (Å²) in [6, 6.07) is -0.320. The van der Waals surface area contributed by atoms with Gasteiger partial charge in [-0.05, 0) is 12.8 Å². The van der Waals surface area contributed by atoms with Crippen molar-refractivity contribution in [3.63, 3.8) is 0 Å². The van der Waals surface area contributed by atoms with Crippen molar-refractivity contribution in [1.29, 1.82) is 0 Å². The molecule has 0 aromatic rings. The topological polar surface area (TPSA) is 83.6 Å². The molecule has 3 N–H and O–H groups in total. The van der Waals surface area contributed by atoms with E-state index in [0.29, 0.717) is 6.42 Å². The van der Waals surface area contributed by atoms with Gasteiger partial charge in [0.1, 0.15) is 0 Å². The summed E-state index contributed by atoms with van der Waals surface area (Å²) >= 11 is 0. The standard InChI is InChI=1S/C9H16N2O3/c10-7(2-3-9(13)14)6-8(12)11-4-1-5-11/h7H,1-6,10H2,(H,13,14)/t7-/m0/s1. The molecule has 0 aromatic carbocycles. The van der Waals surface area contributed by atoms with Gasteiger partial charge in [0, 0.05) is 32.0 Å². The van der Waals surface area contributed by atoms with Crippen LogP contribution in [0.3, 0.4) is 0 Å². The van der Waals surface area contributed by atoms with Crippen molar-refractivity contribution < 1.29 is 14.7 Å². The minimum absolute atomic E-state index is 0.0362. The third-order valence-electron chi connectivity index (χ3n) is 2.37. The highest BCUT2D eigenvalue weighted by Crippen LogP contribution is 2.10. The lowest BCUT2D eigenvalue weighted by atomic mass is 10.1. The largest absolute Gasteiger partial charge is 0.481 e. The van der Waals surface area contributed by atoms with Gasteiger partial charge in [-0.25, -0.2) is 0 Å². The maximum Gasteiger partial charge on any atom is 0.303 e.